The number of benzene rings is 1. The highest BCUT2D eigenvalue weighted by Crippen LogP contribution is 2.35. The van der Waals surface area contributed by atoms with Crippen molar-refractivity contribution in [2.75, 3.05) is 13.7 Å². The average molecular weight is 221 g/mol. The van der Waals surface area contributed by atoms with Gasteiger partial charge in [0.2, 0.25) is 0 Å². The summed E-state index contributed by atoms with van der Waals surface area (Å²) in [5.74, 6) is 1.20. The lowest BCUT2D eigenvalue weighted by atomic mass is 10.3. The first-order valence-corrected chi connectivity index (χ1v) is 4.60. The van der Waals surface area contributed by atoms with Gasteiger partial charge in [-0.1, -0.05) is 23.2 Å². The van der Waals surface area contributed by atoms with Crippen molar-refractivity contribution in [1.29, 1.82) is 0 Å². The molecular formula is C9H10Cl2O2. The van der Waals surface area contributed by atoms with Gasteiger partial charge in [-0.25, -0.2) is 0 Å². The van der Waals surface area contributed by atoms with Crippen molar-refractivity contribution in [3.05, 3.63) is 22.2 Å². The van der Waals surface area contributed by atoms with Crippen LogP contribution in [0.2, 0.25) is 10.0 Å². The minimum atomic E-state index is 0.460. The second-order valence-electron chi connectivity index (χ2n) is 2.35. The van der Waals surface area contributed by atoms with Crippen LogP contribution in [0, 0.1) is 0 Å². The van der Waals surface area contributed by atoms with E-state index in [9.17, 15) is 0 Å². The first-order chi connectivity index (χ1) is 6.19. The maximum Gasteiger partial charge on any atom is 0.162 e. The highest BCUT2D eigenvalue weighted by molar-refractivity contribution is 6.42. The quantitative estimate of drug-likeness (QED) is 0.778. The summed E-state index contributed by atoms with van der Waals surface area (Å²) in [4.78, 5) is 0. The Labute approximate surface area is 87.4 Å². The van der Waals surface area contributed by atoms with E-state index in [0.29, 0.717) is 28.2 Å². The summed E-state index contributed by atoms with van der Waals surface area (Å²) in [7, 11) is 1.56. The van der Waals surface area contributed by atoms with Crippen LogP contribution in [-0.2, 0) is 0 Å². The summed E-state index contributed by atoms with van der Waals surface area (Å²) >= 11 is 11.6. The second kappa shape index (κ2) is 4.58. The third kappa shape index (κ3) is 2.42. The summed E-state index contributed by atoms with van der Waals surface area (Å²) in [5.41, 5.74) is 0. The molecule has 0 radical (unpaired) electrons. The van der Waals surface area contributed by atoms with Crippen molar-refractivity contribution < 1.29 is 9.47 Å². The molecule has 72 valence electrons. The van der Waals surface area contributed by atoms with Crippen molar-refractivity contribution in [2.45, 2.75) is 6.92 Å². The largest absolute Gasteiger partial charge is 0.493 e. The van der Waals surface area contributed by atoms with Gasteiger partial charge >= 0.3 is 0 Å². The number of halogens is 2. The Morgan fingerprint density at radius 3 is 2.15 bits per heavy atom. The van der Waals surface area contributed by atoms with E-state index in [1.165, 1.54) is 0 Å². The molecule has 1 rings (SSSR count). The van der Waals surface area contributed by atoms with Gasteiger partial charge in [0.1, 0.15) is 0 Å². The maximum atomic E-state index is 5.81. The molecule has 4 heteroatoms. The second-order valence-corrected chi connectivity index (χ2v) is 3.16. The number of hydrogen-bond donors (Lipinski definition) is 0. The third-order valence-electron chi connectivity index (χ3n) is 1.51. The van der Waals surface area contributed by atoms with Crippen LogP contribution in [0.3, 0.4) is 0 Å². The fraction of sp³-hybridized carbons (Fsp3) is 0.333. The molecule has 0 fully saturated rings. The van der Waals surface area contributed by atoms with Gasteiger partial charge in [0.25, 0.3) is 0 Å². The van der Waals surface area contributed by atoms with E-state index in [-0.39, 0.29) is 0 Å². The Balaban J connectivity index is 3.09. The van der Waals surface area contributed by atoms with Crippen LogP contribution < -0.4 is 9.47 Å². The van der Waals surface area contributed by atoms with E-state index in [1.807, 2.05) is 6.92 Å². The molecule has 0 amide bonds. The van der Waals surface area contributed by atoms with Gasteiger partial charge in [0, 0.05) is 12.1 Å². The third-order valence-corrected chi connectivity index (χ3v) is 2.23. The molecule has 1 aromatic rings. The van der Waals surface area contributed by atoms with Crippen molar-refractivity contribution in [2.24, 2.45) is 0 Å². The Morgan fingerprint density at radius 1 is 1.15 bits per heavy atom. The topological polar surface area (TPSA) is 18.5 Å². The van der Waals surface area contributed by atoms with Gasteiger partial charge in [-0.05, 0) is 6.92 Å². The standard InChI is InChI=1S/C9H10Cl2O2/c1-3-13-9-5-7(11)6(10)4-8(9)12-2/h4-5H,3H2,1-2H3. The summed E-state index contributed by atoms with van der Waals surface area (Å²) in [6.07, 6.45) is 0. The molecule has 0 aliphatic carbocycles. The summed E-state index contributed by atoms with van der Waals surface area (Å²) < 4.78 is 10.4. The van der Waals surface area contributed by atoms with Crippen LogP contribution in [0.25, 0.3) is 0 Å². The van der Waals surface area contributed by atoms with E-state index in [2.05, 4.69) is 0 Å². The van der Waals surface area contributed by atoms with E-state index < -0.39 is 0 Å². The highest BCUT2D eigenvalue weighted by atomic mass is 35.5. The fourth-order valence-corrected chi connectivity index (χ4v) is 1.25. The Hall–Kier alpha value is -0.600. The molecule has 0 atom stereocenters. The molecule has 0 aliphatic heterocycles. The maximum absolute atomic E-state index is 5.81. The van der Waals surface area contributed by atoms with Gasteiger partial charge in [-0.15, -0.1) is 0 Å². The first kappa shape index (κ1) is 10.5. The Kier molecular flexibility index (Phi) is 3.70. The zero-order chi connectivity index (χ0) is 9.84. The van der Waals surface area contributed by atoms with Crippen LogP contribution in [0.1, 0.15) is 6.92 Å². The van der Waals surface area contributed by atoms with Gasteiger partial charge in [-0.3, -0.25) is 0 Å². The van der Waals surface area contributed by atoms with Crippen LogP contribution in [0.15, 0.2) is 12.1 Å². The first-order valence-electron chi connectivity index (χ1n) is 3.84. The van der Waals surface area contributed by atoms with Crippen molar-refractivity contribution in [3.8, 4) is 11.5 Å². The highest BCUT2D eigenvalue weighted by Gasteiger charge is 2.08. The Morgan fingerprint density at radius 2 is 1.69 bits per heavy atom. The van der Waals surface area contributed by atoms with Crippen molar-refractivity contribution >= 4 is 23.2 Å². The molecule has 0 N–H and O–H groups in total. The number of ether oxygens (including phenoxy) is 2. The van der Waals surface area contributed by atoms with E-state index in [4.69, 9.17) is 32.7 Å². The molecule has 13 heavy (non-hydrogen) atoms. The summed E-state index contributed by atoms with van der Waals surface area (Å²) in [5, 5.41) is 0.924. The summed E-state index contributed by atoms with van der Waals surface area (Å²) in [6, 6.07) is 3.28. The zero-order valence-corrected chi connectivity index (χ0v) is 8.95. The average Bonchev–Trinajstić information content (AvgIpc) is 2.11. The molecule has 0 aliphatic rings. The SMILES string of the molecule is CCOc1cc(Cl)c(Cl)cc1OC. The normalized spacial score (nSPS) is 9.85. The van der Waals surface area contributed by atoms with Gasteiger partial charge in [0.05, 0.1) is 23.8 Å². The van der Waals surface area contributed by atoms with Crippen LogP contribution in [-0.4, -0.2) is 13.7 Å². The Bertz CT molecular complexity index is 300. The van der Waals surface area contributed by atoms with Crippen molar-refractivity contribution in [3.63, 3.8) is 0 Å². The number of rotatable bonds is 3. The molecule has 2 nitrogen and oxygen atoms in total. The lowest BCUT2D eigenvalue weighted by Crippen LogP contribution is -1.95. The van der Waals surface area contributed by atoms with Gasteiger partial charge in [0.15, 0.2) is 11.5 Å². The molecule has 0 heterocycles. The van der Waals surface area contributed by atoms with E-state index >= 15 is 0 Å². The molecule has 0 saturated heterocycles. The zero-order valence-electron chi connectivity index (χ0n) is 7.43. The number of methoxy groups -OCH3 is 1. The lowest BCUT2D eigenvalue weighted by molar-refractivity contribution is 0.311. The van der Waals surface area contributed by atoms with Crippen molar-refractivity contribution in [1.82, 2.24) is 0 Å². The van der Waals surface area contributed by atoms with E-state index in [1.54, 1.807) is 19.2 Å². The predicted octanol–water partition coefficient (Wildman–Crippen LogP) is 3.40. The molecule has 0 bridgehead atoms. The molecule has 0 saturated carbocycles. The molecule has 0 aromatic heterocycles. The van der Waals surface area contributed by atoms with Gasteiger partial charge < -0.3 is 9.47 Å². The monoisotopic (exact) mass is 220 g/mol. The van der Waals surface area contributed by atoms with Crippen LogP contribution in [0.5, 0.6) is 11.5 Å². The lowest BCUT2D eigenvalue weighted by Gasteiger charge is -2.09. The van der Waals surface area contributed by atoms with E-state index in [0.717, 1.165) is 0 Å². The molecule has 0 unspecified atom stereocenters. The van der Waals surface area contributed by atoms with Crippen LogP contribution in [0.4, 0.5) is 0 Å². The predicted molar refractivity (Wildman–Crippen MR) is 54.2 cm³/mol. The molecule has 0 spiro atoms. The minimum Gasteiger partial charge on any atom is -0.493 e. The van der Waals surface area contributed by atoms with Crippen LogP contribution >= 0.6 is 23.2 Å². The minimum absolute atomic E-state index is 0.460. The fourth-order valence-electron chi connectivity index (χ4n) is 0.938. The molecular weight excluding hydrogens is 211 g/mol. The summed E-state index contributed by atoms with van der Waals surface area (Å²) in [6.45, 7) is 2.45. The molecule has 1 aromatic carbocycles. The smallest absolute Gasteiger partial charge is 0.162 e. The number of hydrogen-bond acceptors (Lipinski definition) is 2. The van der Waals surface area contributed by atoms with Gasteiger partial charge in [-0.2, -0.15) is 0 Å².